The summed E-state index contributed by atoms with van der Waals surface area (Å²) in [5.74, 6) is -0.949. The molecule has 1 unspecified atom stereocenters. The molecule has 0 aromatic heterocycles. The fraction of sp³-hybridized carbons (Fsp3) is 0.638. The van der Waals surface area contributed by atoms with Crippen LogP contribution in [-0.4, -0.2) is 37.2 Å². The van der Waals surface area contributed by atoms with E-state index in [2.05, 4.69) is 130 Å². The molecule has 64 heavy (non-hydrogen) atoms. The molecule has 0 N–H and O–H groups in total. The molecule has 1 atom stereocenters. The lowest BCUT2D eigenvalue weighted by Crippen LogP contribution is -2.30. The van der Waals surface area contributed by atoms with Crippen LogP contribution < -0.4 is 0 Å². The van der Waals surface area contributed by atoms with Crippen LogP contribution in [-0.2, 0) is 28.6 Å². The van der Waals surface area contributed by atoms with Crippen molar-refractivity contribution in [2.75, 3.05) is 13.2 Å². The highest BCUT2D eigenvalue weighted by atomic mass is 16.6. The number of carbonyl (C=O) groups excluding carboxylic acids is 3. The van der Waals surface area contributed by atoms with Gasteiger partial charge in [-0.3, -0.25) is 14.4 Å². The Morgan fingerprint density at radius 2 is 0.609 bits per heavy atom. The maximum absolute atomic E-state index is 12.7. The van der Waals surface area contributed by atoms with Gasteiger partial charge in [-0.25, -0.2) is 0 Å². The van der Waals surface area contributed by atoms with Crippen LogP contribution in [0.1, 0.15) is 220 Å². The first-order valence-corrected chi connectivity index (χ1v) is 25.9. The van der Waals surface area contributed by atoms with E-state index in [0.717, 1.165) is 128 Å². The lowest BCUT2D eigenvalue weighted by molar-refractivity contribution is -0.167. The number of carbonyl (C=O) groups is 3. The van der Waals surface area contributed by atoms with Gasteiger partial charge in [0.1, 0.15) is 13.2 Å². The van der Waals surface area contributed by atoms with Crippen molar-refractivity contribution in [2.45, 2.75) is 226 Å². The van der Waals surface area contributed by atoms with Crippen molar-refractivity contribution in [3.8, 4) is 0 Å². The summed E-state index contributed by atoms with van der Waals surface area (Å²) in [6.07, 6.45) is 69.6. The molecule has 0 aromatic carbocycles. The van der Waals surface area contributed by atoms with Gasteiger partial charge in [-0.15, -0.1) is 0 Å². The molecule has 6 heteroatoms. The van der Waals surface area contributed by atoms with E-state index in [0.29, 0.717) is 12.8 Å². The first-order chi connectivity index (χ1) is 31.5. The van der Waals surface area contributed by atoms with Gasteiger partial charge in [0, 0.05) is 19.3 Å². The second-order valence-corrected chi connectivity index (χ2v) is 16.7. The Morgan fingerprint density at radius 3 is 0.969 bits per heavy atom. The van der Waals surface area contributed by atoms with Gasteiger partial charge < -0.3 is 14.2 Å². The summed E-state index contributed by atoms with van der Waals surface area (Å²) in [4.78, 5) is 37.7. The third-order valence-electron chi connectivity index (χ3n) is 10.5. The van der Waals surface area contributed by atoms with Gasteiger partial charge in [-0.1, -0.05) is 207 Å². The fourth-order valence-corrected chi connectivity index (χ4v) is 6.69. The third-order valence-corrected chi connectivity index (χ3v) is 10.5. The Morgan fingerprint density at radius 1 is 0.328 bits per heavy atom. The van der Waals surface area contributed by atoms with Crippen molar-refractivity contribution in [2.24, 2.45) is 0 Å². The zero-order valence-corrected chi connectivity index (χ0v) is 41.3. The molecule has 0 radical (unpaired) electrons. The largest absolute Gasteiger partial charge is 0.462 e. The van der Waals surface area contributed by atoms with Crippen LogP contribution in [0.15, 0.2) is 109 Å². The van der Waals surface area contributed by atoms with Crippen molar-refractivity contribution in [3.63, 3.8) is 0 Å². The maximum atomic E-state index is 12.7. The highest BCUT2D eigenvalue weighted by molar-refractivity contribution is 5.71. The third kappa shape index (κ3) is 49.1. The van der Waals surface area contributed by atoms with Crippen LogP contribution in [0.25, 0.3) is 0 Å². The highest BCUT2D eigenvalue weighted by Gasteiger charge is 2.19. The molecule has 0 fully saturated rings. The predicted octanol–water partition coefficient (Wildman–Crippen LogP) is 17.1. The summed E-state index contributed by atoms with van der Waals surface area (Å²) in [7, 11) is 0. The zero-order chi connectivity index (χ0) is 46.5. The second-order valence-electron chi connectivity index (χ2n) is 16.7. The van der Waals surface area contributed by atoms with Crippen LogP contribution >= 0.6 is 0 Å². The fourth-order valence-electron chi connectivity index (χ4n) is 6.69. The van der Waals surface area contributed by atoms with Crippen LogP contribution in [0.3, 0.4) is 0 Å². The lowest BCUT2D eigenvalue weighted by atomic mass is 10.1. The number of hydrogen-bond acceptors (Lipinski definition) is 6. The van der Waals surface area contributed by atoms with Crippen molar-refractivity contribution in [1.82, 2.24) is 0 Å². The summed E-state index contributed by atoms with van der Waals surface area (Å²) >= 11 is 0. The van der Waals surface area contributed by atoms with Gasteiger partial charge in [0.25, 0.3) is 0 Å². The highest BCUT2D eigenvalue weighted by Crippen LogP contribution is 2.13. The normalized spacial score (nSPS) is 13.0. The molecule has 0 heterocycles. The number of unbranched alkanes of at least 4 members (excludes halogenated alkanes) is 16. The minimum absolute atomic E-state index is 0.0940. The molecule has 0 aliphatic heterocycles. The average molecular weight is 887 g/mol. The first kappa shape index (κ1) is 60.1. The zero-order valence-electron chi connectivity index (χ0n) is 41.3. The monoisotopic (exact) mass is 887 g/mol. The number of esters is 3. The maximum Gasteiger partial charge on any atom is 0.306 e. The van der Waals surface area contributed by atoms with E-state index in [4.69, 9.17) is 14.2 Å². The van der Waals surface area contributed by atoms with E-state index in [-0.39, 0.29) is 37.5 Å². The molecular weight excluding hydrogens is 793 g/mol. The minimum Gasteiger partial charge on any atom is -0.462 e. The Kier molecular flexibility index (Phi) is 48.5. The van der Waals surface area contributed by atoms with Crippen LogP contribution in [0, 0.1) is 0 Å². The van der Waals surface area contributed by atoms with Crippen molar-refractivity contribution >= 4 is 17.9 Å². The Balaban J connectivity index is 4.19. The minimum atomic E-state index is -0.794. The van der Waals surface area contributed by atoms with Crippen molar-refractivity contribution < 1.29 is 28.6 Å². The molecule has 0 bridgehead atoms. The quantitative estimate of drug-likeness (QED) is 0.0262. The van der Waals surface area contributed by atoms with Gasteiger partial charge in [0.2, 0.25) is 0 Å². The number of ether oxygens (including phenoxy) is 3. The second kappa shape index (κ2) is 51.7. The lowest BCUT2D eigenvalue weighted by Gasteiger charge is -2.18. The number of rotatable bonds is 45. The van der Waals surface area contributed by atoms with E-state index >= 15 is 0 Å². The van der Waals surface area contributed by atoms with Crippen molar-refractivity contribution in [1.29, 1.82) is 0 Å². The van der Waals surface area contributed by atoms with Crippen LogP contribution in [0.4, 0.5) is 0 Å². The molecule has 6 nitrogen and oxygen atoms in total. The smallest absolute Gasteiger partial charge is 0.306 e. The van der Waals surface area contributed by atoms with E-state index < -0.39 is 6.10 Å². The molecule has 0 aromatic rings. The number of allylic oxidation sites excluding steroid dienone is 18. The Bertz CT molecular complexity index is 1340. The summed E-state index contributed by atoms with van der Waals surface area (Å²) in [6.45, 7) is 6.30. The summed E-state index contributed by atoms with van der Waals surface area (Å²) in [5.41, 5.74) is 0. The molecule has 0 aliphatic rings. The van der Waals surface area contributed by atoms with E-state index in [9.17, 15) is 14.4 Å². The van der Waals surface area contributed by atoms with Crippen LogP contribution in [0.2, 0.25) is 0 Å². The van der Waals surface area contributed by atoms with Gasteiger partial charge in [0.15, 0.2) is 6.10 Å². The molecule has 0 amide bonds. The molecule has 0 rings (SSSR count). The molecule has 0 saturated heterocycles. The van der Waals surface area contributed by atoms with Gasteiger partial charge in [0.05, 0.1) is 0 Å². The SMILES string of the molecule is CC/C=C\C/C=C\C/C=C\C/C=C\C/C=C\C/C=C\CCCCCCCCCCC(=O)OCC(COC(=O)CCCCCCCC)OC(=O)CCCCC/C=C\C/C=C\C/C=C\CC. The average Bonchev–Trinajstić information content (AvgIpc) is 3.29. The predicted molar refractivity (Wildman–Crippen MR) is 274 cm³/mol. The van der Waals surface area contributed by atoms with Crippen molar-refractivity contribution in [3.05, 3.63) is 109 Å². The van der Waals surface area contributed by atoms with Gasteiger partial charge in [-0.2, -0.15) is 0 Å². The summed E-state index contributed by atoms with van der Waals surface area (Å²) < 4.78 is 16.6. The van der Waals surface area contributed by atoms with E-state index in [1.807, 2.05) is 0 Å². The number of hydrogen-bond donors (Lipinski definition) is 0. The topological polar surface area (TPSA) is 78.9 Å². The molecule has 0 saturated carbocycles. The Labute approximate surface area is 393 Å². The van der Waals surface area contributed by atoms with Gasteiger partial charge >= 0.3 is 17.9 Å². The van der Waals surface area contributed by atoms with Crippen LogP contribution in [0.5, 0.6) is 0 Å². The first-order valence-electron chi connectivity index (χ1n) is 25.9. The molecule has 362 valence electrons. The van der Waals surface area contributed by atoms with E-state index in [1.165, 1.54) is 51.4 Å². The summed E-state index contributed by atoms with van der Waals surface area (Å²) in [5, 5.41) is 0. The summed E-state index contributed by atoms with van der Waals surface area (Å²) in [6, 6.07) is 0. The molecular formula is C58H94O6. The standard InChI is InChI=1S/C58H94O6/c1-4-7-10-13-16-18-20-22-23-24-25-26-27-28-29-30-31-32-33-34-35-37-38-40-42-45-48-51-57(60)63-54-55(53-62-56(59)50-47-44-15-12-9-6-3)64-58(61)52-49-46-43-41-39-36-21-19-17-14-11-8-5-2/h7-8,10-11,16-19,22-23,25-26,28-29,31-32,36,39,55H,4-6,9,12-15,20-21,24,27,30,33-35,37-38,40-54H2,1-3H3/b10-7-,11-8-,18-16-,19-17-,23-22-,26-25-,29-28-,32-31-,39-36-. The Hall–Kier alpha value is -3.93. The van der Waals surface area contributed by atoms with Gasteiger partial charge in [-0.05, 0) is 103 Å². The molecule has 0 aliphatic carbocycles. The molecule has 0 spiro atoms. The van der Waals surface area contributed by atoms with E-state index in [1.54, 1.807) is 0 Å².